The first-order valence-corrected chi connectivity index (χ1v) is 8.81. The van der Waals surface area contributed by atoms with Gasteiger partial charge in [-0.2, -0.15) is 0 Å². The molecule has 4 rings (SSSR count). The van der Waals surface area contributed by atoms with Crippen LogP contribution in [0.3, 0.4) is 0 Å². The minimum Gasteiger partial charge on any atom is -0.362 e. The molecule has 2 aliphatic rings. The molecule has 7 heteroatoms. The minimum absolute atomic E-state index is 0.0846. The minimum atomic E-state index is -0.863. The number of nitrogens with zero attached hydrogens (tertiary/aromatic N) is 2. The van der Waals surface area contributed by atoms with Crippen molar-refractivity contribution < 1.29 is 22.7 Å². The van der Waals surface area contributed by atoms with E-state index in [4.69, 9.17) is 4.74 Å². The molecule has 2 aromatic rings. The number of hydrogen-bond acceptors (Lipinski definition) is 3. The molecule has 0 bridgehead atoms. The Balaban J connectivity index is 1.49. The topological polar surface area (TPSA) is 32.8 Å². The highest BCUT2D eigenvalue weighted by molar-refractivity contribution is 5.95. The zero-order chi connectivity index (χ0) is 19.0. The molecule has 0 aromatic heterocycles. The molecule has 0 radical (unpaired) electrons. The van der Waals surface area contributed by atoms with Crippen LogP contribution in [0.25, 0.3) is 0 Å². The number of anilines is 1. The molecule has 2 aliphatic heterocycles. The van der Waals surface area contributed by atoms with Crippen LogP contribution >= 0.6 is 0 Å². The Labute approximate surface area is 155 Å². The Morgan fingerprint density at radius 1 is 1.07 bits per heavy atom. The van der Waals surface area contributed by atoms with Gasteiger partial charge in [0, 0.05) is 30.9 Å². The van der Waals surface area contributed by atoms with Gasteiger partial charge in [0.1, 0.15) is 18.0 Å². The van der Waals surface area contributed by atoms with Crippen molar-refractivity contribution in [2.75, 3.05) is 31.1 Å². The summed E-state index contributed by atoms with van der Waals surface area (Å²) < 4.78 is 46.8. The average Bonchev–Trinajstić information content (AvgIpc) is 3.04. The number of halogens is 3. The molecular weight excluding hydrogens is 357 g/mol. The molecule has 1 unspecified atom stereocenters. The number of rotatable bonds is 3. The smallest absolute Gasteiger partial charge is 0.253 e. The monoisotopic (exact) mass is 376 g/mol. The van der Waals surface area contributed by atoms with E-state index in [1.807, 2.05) is 4.90 Å². The maximum absolute atomic E-state index is 13.9. The zero-order valence-electron chi connectivity index (χ0n) is 14.6. The van der Waals surface area contributed by atoms with Gasteiger partial charge in [-0.3, -0.25) is 9.69 Å². The molecule has 0 aliphatic carbocycles. The van der Waals surface area contributed by atoms with Gasteiger partial charge < -0.3 is 9.64 Å². The Hall–Kier alpha value is -2.38. The number of hydrogen-bond donors (Lipinski definition) is 0. The van der Waals surface area contributed by atoms with Crippen molar-refractivity contribution >= 4 is 11.6 Å². The van der Waals surface area contributed by atoms with E-state index in [0.29, 0.717) is 37.3 Å². The van der Waals surface area contributed by atoms with Crippen molar-refractivity contribution in [1.82, 2.24) is 4.90 Å². The highest BCUT2D eigenvalue weighted by Crippen LogP contribution is 2.33. The van der Waals surface area contributed by atoms with Crippen molar-refractivity contribution in [3.05, 3.63) is 65.5 Å². The van der Waals surface area contributed by atoms with Crippen LogP contribution in [0, 0.1) is 17.5 Å². The largest absolute Gasteiger partial charge is 0.362 e. The van der Waals surface area contributed by atoms with Crippen LogP contribution in [0.15, 0.2) is 42.5 Å². The molecule has 2 fully saturated rings. The number of ether oxygens (including phenoxy) is 1. The standard InChI is InChI=1S/C20H19F3N2O2/c21-15-4-2-5-16(9-15)25-13-20(27-11-18(25)26)7-8-24(12-20)10-14-3-1-6-17(22)19(14)23/h1-6,9H,7-8,10-13H2. The maximum atomic E-state index is 13.9. The Kier molecular flexibility index (Phi) is 4.65. The SMILES string of the molecule is O=C1COC2(CCN(Cc3cccc(F)c3F)C2)CN1c1cccc(F)c1. The van der Waals surface area contributed by atoms with E-state index in [0.717, 1.165) is 6.07 Å². The first kappa shape index (κ1) is 18.0. The van der Waals surface area contributed by atoms with Gasteiger partial charge in [-0.25, -0.2) is 13.2 Å². The van der Waals surface area contributed by atoms with Gasteiger partial charge in [-0.15, -0.1) is 0 Å². The molecule has 142 valence electrons. The van der Waals surface area contributed by atoms with E-state index in [1.165, 1.54) is 18.2 Å². The van der Waals surface area contributed by atoms with E-state index in [-0.39, 0.29) is 19.1 Å². The van der Waals surface area contributed by atoms with Gasteiger partial charge >= 0.3 is 0 Å². The lowest BCUT2D eigenvalue weighted by molar-refractivity contribution is -0.137. The molecule has 1 spiro atoms. The summed E-state index contributed by atoms with van der Waals surface area (Å²) in [6.45, 7) is 1.61. The number of morpholine rings is 1. The molecule has 0 saturated carbocycles. The van der Waals surface area contributed by atoms with Gasteiger partial charge in [0.2, 0.25) is 0 Å². The van der Waals surface area contributed by atoms with Crippen LogP contribution in [0.4, 0.5) is 18.9 Å². The van der Waals surface area contributed by atoms with Crippen molar-refractivity contribution in [3.63, 3.8) is 0 Å². The number of amides is 1. The summed E-state index contributed by atoms with van der Waals surface area (Å²) in [5, 5.41) is 0. The van der Waals surface area contributed by atoms with Gasteiger partial charge in [-0.1, -0.05) is 18.2 Å². The van der Waals surface area contributed by atoms with Crippen LogP contribution in [0.5, 0.6) is 0 Å². The molecular formula is C20H19F3N2O2. The van der Waals surface area contributed by atoms with Crippen LogP contribution < -0.4 is 4.90 Å². The quantitative estimate of drug-likeness (QED) is 0.825. The summed E-state index contributed by atoms with van der Waals surface area (Å²) in [6, 6.07) is 10.1. The van der Waals surface area contributed by atoms with Crippen LogP contribution in [0.2, 0.25) is 0 Å². The molecule has 0 N–H and O–H groups in total. The van der Waals surface area contributed by atoms with Crippen molar-refractivity contribution in [2.45, 2.75) is 18.6 Å². The fourth-order valence-electron chi connectivity index (χ4n) is 3.81. The van der Waals surface area contributed by atoms with E-state index in [1.54, 1.807) is 23.1 Å². The van der Waals surface area contributed by atoms with E-state index < -0.39 is 23.1 Å². The molecule has 27 heavy (non-hydrogen) atoms. The van der Waals surface area contributed by atoms with E-state index in [9.17, 15) is 18.0 Å². The molecule has 2 aromatic carbocycles. The number of likely N-dealkylation sites (tertiary alicyclic amines) is 1. The highest BCUT2D eigenvalue weighted by atomic mass is 19.2. The van der Waals surface area contributed by atoms with E-state index in [2.05, 4.69) is 0 Å². The summed E-state index contributed by atoms with van der Waals surface area (Å²) in [6.07, 6.45) is 0.656. The molecule has 2 heterocycles. The third-order valence-electron chi connectivity index (χ3n) is 5.19. The molecule has 4 nitrogen and oxygen atoms in total. The first-order chi connectivity index (χ1) is 13.0. The fraction of sp³-hybridized carbons (Fsp3) is 0.350. The maximum Gasteiger partial charge on any atom is 0.253 e. The predicted octanol–water partition coefficient (Wildman–Crippen LogP) is 3.11. The van der Waals surface area contributed by atoms with Gasteiger partial charge in [-0.05, 0) is 30.7 Å². The van der Waals surface area contributed by atoms with Crippen molar-refractivity contribution in [1.29, 1.82) is 0 Å². The zero-order valence-corrected chi connectivity index (χ0v) is 14.6. The van der Waals surface area contributed by atoms with Gasteiger partial charge in [0.15, 0.2) is 11.6 Å². The lowest BCUT2D eigenvalue weighted by atomic mass is 10.00. The van der Waals surface area contributed by atoms with Crippen molar-refractivity contribution in [2.24, 2.45) is 0 Å². The molecule has 1 atom stereocenters. The third kappa shape index (κ3) is 3.57. The first-order valence-electron chi connectivity index (χ1n) is 8.81. The lowest BCUT2D eigenvalue weighted by Gasteiger charge is -2.40. The van der Waals surface area contributed by atoms with Crippen LogP contribution in [-0.2, 0) is 16.1 Å². The molecule has 1 amide bonds. The second kappa shape index (κ2) is 6.98. The summed E-state index contributed by atoms with van der Waals surface area (Å²) >= 11 is 0. The predicted molar refractivity (Wildman–Crippen MR) is 93.7 cm³/mol. The lowest BCUT2D eigenvalue weighted by Crippen LogP contribution is -2.56. The number of carbonyl (C=O) groups excluding carboxylic acids is 1. The Bertz CT molecular complexity index is 876. The van der Waals surface area contributed by atoms with Crippen LogP contribution in [0.1, 0.15) is 12.0 Å². The second-order valence-electron chi connectivity index (χ2n) is 7.11. The normalized spacial score (nSPS) is 23.4. The summed E-state index contributed by atoms with van der Waals surface area (Å²) in [5.41, 5.74) is 0.197. The van der Waals surface area contributed by atoms with Gasteiger partial charge in [0.25, 0.3) is 5.91 Å². The van der Waals surface area contributed by atoms with Crippen LogP contribution in [-0.4, -0.2) is 42.6 Å². The fourth-order valence-corrected chi connectivity index (χ4v) is 3.81. The second-order valence-corrected chi connectivity index (χ2v) is 7.11. The highest BCUT2D eigenvalue weighted by Gasteiger charge is 2.45. The summed E-state index contributed by atoms with van der Waals surface area (Å²) in [7, 11) is 0. The van der Waals surface area contributed by atoms with Gasteiger partial charge in [0.05, 0.1) is 6.54 Å². The summed E-state index contributed by atoms with van der Waals surface area (Å²) in [4.78, 5) is 15.8. The average molecular weight is 376 g/mol. The Morgan fingerprint density at radius 2 is 1.89 bits per heavy atom. The molecule has 2 saturated heterocycles. The van der Waals surface area contributed by atoms with Crippen molar-refractivity contribution in [3.8, 4) is 0 Å². The number of benzene rings is 2. The third-order valence-corrected chi connectivity index (χ3v) is 5.19. The Morgan fingerprint density at radius 3 is 2.70 bits per heavy atom. The number of carbonyl (C=O) groups is 1. The summed E-state index contributed by atoms with van der Waals surface area (Å²) in [5.74, 6) is -2.32. The van der Waals surface area contributed by atoms with E-state index >= 15 is 0 Å².